The van der Waals surface area contributed by atoms with Gasteiger partial charge in [0.2, 0.25) is 11.8 Å². The van der Waals surface area contributed by atoms with E-state index in [1.165, 1.54) is 7.11 Å². The molecule has 4 atom stereocenters. The summed E-state index contributed by atoms with van der Waals surface area (Å²) in [6.07, 6.45) is 0.350. The molecule has 10 nitrogen and oxygen atoms in total. The van der Waals surface area contributed by atoms with Crippen LogP contribution < -0.4 is 15.4 Å². The molecule has 5 rings (SSSR count). The van der Waals surface area contributed by atoms with Gasteiger partial charge in [-0.05, 0) is 43.9 Å². The second-order valence-electron chi connectivity index (χ2n) is 10.5. The molecule has 0 unspecified atom stereocenters. The van der Waals surface area contributed by atoms with Crippen LogP contribution in [0.4, 0.5) is 8.78 Å². The second-order valence-corrected chi connectivity index (χ2v) is 10.5. The Labute approximate surface area is 217 Å². The SMILES string of the molecule is COc1cccc2[nH]c(C(=O)N3C[C@]4(C[C@H]3C(=O)N[C@@H](CC[C@@H]3CCNC3=O)C(=O)CO)CC4(F)F)cc12. The number of nitrogens with one attached hydrogen (secondary N) is 3. The van der Waals surface area contributed by atoms with Crippen LogP contribution in [-0.2, 0) is 14.4 Å². The number of alkyl halides is 2. The Morgan fingerprint density at radius 1 is 1.32 bits per heavy atom. The molecule has 0 radical (unpaired) electrons. The van der Waals surface area contributed by atoms with Gasteiger partial charge in [0.1, 0.15) is 24.1 Å². The zero-order valence-corrected chi connectivity index (χ0v) is 20.9. The number of fused-ring (bicyclic) bond motifs is 1. The van der Waals surface area contributed by atoms with E-state index in [2.05, 4.69) is 15.6 Å². The van der Waals surface area contributed by atoms with Crippen LogP contribution in [0, 0.1) is 11.3 Å². The largest absolute Gasteiger partial charge is 0.496 e. The van der Waals surface area contributed by atoms with Crippen molar-refractivity contribution in [1.29, 1.82) is 0 Å². The number of rotatable bonds is 9. The number of halogens is 2. The van der Waals surface area contributed by atoms with E-state index in [9.17, 15) is 33.1 Å². The maximum atomic E-state index is 14.4. The summed E-state index contributed by atoms with van der Waals surface area (Å²) >= 11 is 0. The van der Waals surface area contributed by atoms with Crippen LogP contribution >= 0.6 is 0 Å². The number of H-pyrrole nitrogens is 1. The van der Waals surface area contributed by atoms with Crippen molar-refractivity contribution >= 4 is 34.4 Å². The molecule has 1 aromatic heterocycles. The highest BCUT2D eigenvalue weighted by atomic mass is 19.3. The van der Waals surface area contributed by atoms with Gasteiger partial charge in [0, 0.05) is 36.3 Å². The number of ketones is 1. The van der Waals surface area contributed by atoms with E-state index in [1.54, 1.807) is 24.3 Å². The Morgan fingerprint density at radius 2 is 2.08 bits per heavy atom. The number of aromatic nitrogens is 1. The number of hydrogen-bond donors (Lipinski definition) is 4. The van der Waals surface area contributed by atoms with Gasteiger partial charge < -0.3 is 30.4 Å². The van der Waals surface area contributed by atoms with Crippen molar-refractivity contribution in [1.82, 2.24) is 20.5 Å². The van der Waals surface area contributed by atoms with Crippen LogP contribution in [0.25, 0.3) is 10.9 Å². The van der Waals surface area contributed by atoms with Crippen LogP contribution in [0.5, 0.6) is 5.75 Å². The third-order valence-electron chi connectivity index (χ3n) is 8.11. The number of ether oxygens (including phenoxy) is 1. The van der Waals surface area contributed by atoms with Crippen LogP contribution in [0.2, 0.25) is 0 Å². The number of nitrogens with zero attached hydrogens (tertiary/aromatic N) is 1. The van der Waals surface area contributed by atoms with E-state index in [1.807, 2.05) is 0 Å². The number of carbonyl (C=O) groups is 4. The third kappa shape index (κ3) is 4.50. The van der Waals surface area contributed by atoms with Crippen molar-refractivity contribution in [2.45, 2.75) is 50.1 Å². The van der Waals surface area contributed by atoms with Crippen LogP contribution in [0.15, 0.2) is 24.3 Å². The monoisotopic (exact) mass is 532 g/mol. The number of carbonyl (C=O) groups excluding carboxylic acids is 4. The summed E-state index contributed by atoms with van der Waals surface area (Å²) in [5.41, 5.74) is -0.755. The summed E-state index contributed by atoms with van der Waals surface area (Å²) in [4.78, 5) is 55.4. The average molecular weight is 533 g/mol. The third-order valence-corrected chi connectivity index (χ3v) is 8.11. The van der Waals surface area contributed by atoms with Crippen molar-refractivity contribution in [3.8, 4) is 5.75 Å². The van der Waals surface area contributed by atoms with Gasteiger partial charge in [-0.25, -0.2) is 8.78 Å². The molecular formula is C26H30F2N4O6. The van der Waals surface area contributed by atoms with Crippen molar-refractivity contribution in [2.75, 3.05) is 26.8 Å². The fraction of sp³-hybridized carbons (Fsp3) is 0.538. The Kier molecular flexibility index (Phi) is 6.62. The summed E-state index contributed by atoms with van der Waals surface area (Å²) in [6, 6.07) is 4.44. The lowest BCUT2D eigenvalue weighted by molar-refractivity contribution is -0.131. The highest BCUT2D eigenvalue weighted by Crippen LogP contribution is 2.66. The smallest absolute Gasteiger partial charge is 0.271 e. The molecule has 1 saturated carbocycles. The molecule has 204 valence electrons. The normalized spacial score (nSPS) is 26.4. The molecule has 1 spiro atoms. The lowest BCUT2D eigenvalue weighted by atomic mass is 9.96. The number of methoxy groups -OCH3 is 1. The first-order chi connectivity index (χ1) is 18.1. The molecule has 38 heavy (non-hydrogen) atoms. The van der Waals surface area contributed by atoms with E-state index in [-0.39, 0.29) is 36.9 Å². The minimum Gasteiger partial charge on any atom is -0.496 e. The van der Waals surface area contributed by atoms with Gasteiger partial charge >= 0.3 is 0 Å². The predicted octanol–water partition coefficient (Wildman–Crippen LogP) is 1.38. The summed E-state index contributed by atoms with van der Waals surface area (Å²) in [5, 5.41) is 15.3. The first-order valence-corrected chi connectivity index (χ1v) is 12.7. The topological polar surface area (TPSA) is 141 Å². The number of aliphatic hydroxyl groups is 1. The molecule has 12 heteroatoms. The molecule has 3 fully saturated rings. The molecule has 3 heterocycles. The van der Waals surface area contributed by atoms with Crippen molar-refractivity contribution in [3.05, 3.63) is 30.0 Å². The zero-order chi connectivity index (χ0) is 27.2. The molecule has 2 aromatic rings. The van der Waals surface area contributed by atoms with Gasteiger partial charge in [-0.1, -0.05) is 6.07 Å². The zero-order valence-electron chi connectivity index (χ0n) is 20.9. The minimum absolute atomic E-state index is 0.104. The first kappa shape index (κ1) is 26.1. The van der Waals surface area contributed by atoms with E-state index >= 15 is 0 Å². The Balaban J connectivity index is 1.37. The quantitative estimate of drug-likeness (QED) is 0.385. The van der Waals surface area contributed by atoms with Gasteiger partial charge in [-0.2, -0.15) is 0 Å². The molecule has 3 aliphatic rings. The van der Waals surface area contributed by atoms with E-state index in [0.29, 0.717) is 36.0 Å². The lowest BCUT2D eigenvalue weighted by Gasteiger charge is -2.26. The maximum absolute atomic E-state index is 14.4. The molecule has 1 aliphatic carbocycles. The second kappa shape index (κ2) is 9.64. The number of aliphatic hydroxyl groups excluding tert-OH is 1. The maximum Gasteiger partial charge on any atom is 0.271 e. The molecule has 2 aliphatic heterocycles. The van der Waals surface area contributed by atoms with Gasteiger partial charge in [0.05, 0.1) is 18.6 Å². The van der Waals surface area contributed by atoms with E-state index in [4.69, 9.17) is 4.74 Å². The summed E-state index contributed by atoms with van der Waals surface area (Å²) in [7, 11) is 1.49. The number of likely N-dealkylation sites (tertiary alicyclic amines) is 1. The summed E-state index contributed by atoms with van der Waals surface area (Å²) < 4.78 is 34.1. The molecule has 0 bridgehead atoms. The fourth-order valence-corrected chi connectivity index (χ4v) is 5.76. The number of amides is 3. The van der Waals surface area contributed by atoms with Gasteiger partial charge in [0.25, 0.3) is 11.8 Å². The van der Waals surface area contributed by atoms with E-state index in [0.717, 1.165) is 4.90 Å². The van der Waals surface area contributed by atoms with Crippen LogP contribution in [0.1, 0.15) is 42.6 Å². The van der Waals surface area contributed by atoms with Crippen molar-refractivity contribution in [3.63, 3.8) is 0 Å². The predicted molar refractivity (Wildman–Crippen MR) is 131 cm³/mol. The van der Waals surface area contributed by atoms with Crippen molar-refractivity contribution in [2.24, 2.45) is 11.3 Å². The highest BCUT2D eigenvalue weighted by Gasteiger charge is 2.75. The molecule has 2 saturated heterocycles. The Hall–Kier alpha value is -3.54. The average Bonchev–Trinajstić information content (AvgIpc) is 3.39. The van der Waals surface area contributed by atoms with Gasteiger partial charge in [0.15, 0.2) is 5.78 Å². The highest BCUT2D eigenvalue weighted by molar-refractivity contribution is 6.02. The van der Waals surface area contributed by atoms with E-state index < -0.39 is 54.0 Å². The summed E-state index contributed by atoms with van der Waals surface area (Å²) in [6.45, 7) is -0.595. The van der Waals surface area contributed by atoms with Gasteiger partial charge in [-0.3, -0.25) is 19.2 Å². The standard InChI is InChI=1S/C26H30F2N4O6/c1-38-21-4-2-3-16-15(21)9-18(30-16)24(37)32-13-25(12-26(25,27)28)10-19(32)23(36)31-17(20(34)11-33)6-5-14-7-8-29-22(14)35/h2-4,9,14,17,19,30,33H,5-8,10-13H2,1H3,(H,29,35)(H,31,36)/t14-,17+,19+,25+/m1/s1. The summed E-state index contributed by atoms with van der Waals surface area (Å²) in [5.74, 6) is -4.92. The first-order valence-electron chi connectivity index (χ1n) is 12.7. The minimum atomic E-state index is -3.00. The number of benzene rings is 1. The van der Waals surface area contributed by atoms with Crippen LogP contribution in [0.3, 0.4) is 0 Å². The molecule has 3 amide bonds. The van der Waals surface area contributed by atoms with Crippen LogP contribution in [-0.4, -0.2) is 83.3 Å². The Bertz CT molecular complexity index is 1300. The van der Waals surface area contributed by atoms with Crippen molar-refractivity contribution < 1.29 is 37.8 Å². The van der Waals surface area contributed by atoms with Gasteiger partial charge in [-0.15, -0.1) is 0 Å². The number of Topliss-reactive ketones (excluding diaryl/α,β-unsaturated/α-hetero) is 1. The molecule has 4 N–H and O–H groups in total. The lowest BCUT2D eigenvalue weighted by Crippen LogP contribution is -2.51. The number of aromatic amines is 1. The molecular weight excluding hydrogens is 502 g/mol. The Morgan fingerprint density at radius 3 is 2.71 bits per heavy atom. The fourth-order valence-electron chi connectivity index (χ4n) is 5.76. The molecule has 1 aromatic carbocycles. The number of hydrogen-bond acceptors (Lipinski definition) is 6.